The molecule has 0 radical (unpaired) electrons. The average Bonchev–Trinajstić information content (AvgIpc) is 2.58. The van der Waals surface area contributed by atoms with E-state index >= 15 is 0 Å². The third kappa shape index (κ3) is 4.20. The number of benzene rings is 1. The van der Waals surface area contributed by atoms with Gasteiger partial charge >= 0.3 is 0 Å². The van der Waals surface area contributed by atoms with Gasteiger partial charge in [0.15, 0.2) is 18.3 Å². The van der Waals surface area contributed by atoms with Crippen molar-refractivity contribution in [1.82, 2.24) is 4.98 Å². The first-order valence-corrected chi connectivity index (χ1v) is 6.59. The van der Waals surface area contributed by atoms with Gasteiger partial charge in [-0.2, -0.15) is 0 Å². The van der Waals surface area contributed by atoms with Gasteiger partial charge in [0.05, 0.1) is 19.0 Å². The summed E-state index contributed by atoms with van der Waals surface area (Å²) in [6.07, 6.45) is 2.35. The lowest BCUT2D eigenvalue weighted by Crippen LogP contribution is -2.02. The minimum Gasteiger partial charge on any atom is -0.493 e. The minimum absolute atomic E-state index is 0.174. The normalized spacial score (nSPS) is 10.1. The molecule has 0 aliphatic rings. The highest BCUT2D eigenvalue weighted by Gasteiger charge is 2.06. The van der Waals surface area contributed by atoms with Gasteiger partial charge < -0.3 is 18.9 Å². The van der Waals surface area contributed by atoms with Crippen molar-refractivity contribution in [3.8, 4) is 17.2 Å². The van der Waals surface area contributed by atoms with Crippen molar-refractivity contribution in [2.75, 3.05) is 21.0 Å². The third-order valence-corrected chi connectivity index (χ3v) is 2.84. The zero-order valence-electron chi connectivity index (χ0n) is 12.4. The van der Waals surface area contributed by atoms with Gasteiger partial charge in [-0.1, -0.05) is 0 Å². The second-order valence-corrected chi connectivity index (χ2v) is 4.35. The summed E-state index contributed by atoms with van der Waals surface area (Å²) < 4.78 is 20.9. The van der Waals surface area contributed by atoms with Gasteiger partial charge in [0.1, 0.15) is 18.6 Å². The van der Waals surface area contributed by atoms with Crippen molar-refractivity contribution < 1.29 is 23.7 Å². The molecule has 0 atom stereocenters. The van der Waals surface area contributed by atoms with Crippen LogP contribution in [0.2, 0.25) is 0 Å². The quantitative estimate of drug-likeness (QED) is 0.551. The Kier molecular flexibility index (Phi) is 5.73. The van der Waals surface area contributed by atoms with E-state index in [1.54, 1.807) is 50.7 Å². The van der Waals surface area contributed by atoms with Crippen molar-refractivity contribution >= 4 is 6.29 Å². The van der Waals surface area contributed by atoms with Gasteiger partial charge in [-0.25, -0.2) is 0 Å². The second-order valence-electron chi connectivity index (χ2n) is 4.35. The number of aldehydes is 1. The van der Waals surface area contributed by atoms with Crippen molar-refractivity contribution in [3.05, 3.63) is 47.8 Å². The minimum atomic E-state index is 0.174. The van der Waals surface area contributed by atoms with Crippen molar-refractivity contribution in [1.29, 1.82) is 0 Å². The molecular formula is C16H17NO5. The molecule has 0 fully saturated rings. The van der Waals surface area contributed by atoms with Crippen molar-refractivity contribution in [2.45, 2.75) is 6.61 Å². The highest BCUT2D eigenvalue weighted by molar-refractivity contribution is 5.76. The van der Waals surface area contributed by atoms with Crippen LogP contribution in [0.25, 0.3) is 0 Å². The Bertz CT molecular complexity index is 612. The lowest BCUT2D eigenvalue weighted by molar-refractivity contribution is 0.0508. The van der Waals surface area contributed by atoms with Gasteiger partial charge in [0.2, 0.25) is 0 Å². The van der Waals surface area contributed by atoms with Crippen molar-refractivity contribution in [3.63, 3.8) is 0 Å². The Hall–Kier alpha value is -2.60. The SMILES string of the molecule is COCOc1ccc(COc2cc(C=O)ccc2OC)nc1. The predicted octanol–water partition coefficient (Wildman–Crippen LogP) is 2.46. The highest BCUT2D eigenvalue weighted by Crippen LogP contribution is 2.28. The zero-order chi connectivity index (χ0) is 15.8. The van der Waals surface area contributed by atoms with Crippen LogP contribution in [0.15, 0.2) is 36.5 Å². The number of pyridine rings is 1. The Morgan fingerprint density at radius 1 is 1.09 bits per heavy atom. The van der Waals surface area contributed by atoms with Gasteiger partial charge in [0, 0.05) is 12.7 Å². The van der Waals surface area contributed by atoms with E-state index in [-0.39, 0.29) is 13.4 Å². The molecule has 0 aliphatic heterocycles. The van der Waals surface area contributed by atoms with Crippen LogP contribution in [0.1, 0.15) is 16.1 Å². The van der Waals surface area contributed by atoms with E-state index in [2.05, 4.69) is 4.98 Å². The topological polar surface area (TPSA) is 66.9 Å². The van der Waals surface area contributed by atoms with Crippen LogP contribution in [0.3, 0.4) is 0 Å². The summed E-state index contributed by atoms with van der Waals surface area (Å²) in [6.45, 7) is 0.427. The zero-order valence-corrected chi connectivity index (χ0v) is 12.4. The molecule has 6 heteroatoms. The predicted molar refractivity (Wildman–Crippen MR) is 79.5 cm³/mol. The molecule has 1 heterocycles. The molecule has 0 spiro atoms. The van der Waals surface area contributed by atoms with E-state index in [0.717, 1.165) is 12.0 Å². The molecule has 0 aliphatic carbocycles. The van der Waals surface area contributed by atoms with E-state index in [1.165, 1.54) is 0 Å². The Morgan fingerprint density at radius 2 is 1.95 bits per heavy atom. The summed E-state index contributed by atoms with van der Waals surface area (Å²) in [5.41, 5.74) is 1.25. The van der Waals surface area contributed by atoms with Crippen LogP contribution in [0.4, 0.5) is 0 Å². The molecule has 2 aromatic rings. The van der Waals surface area contributed by atoms with Crippen LogP contribution in [-0.2, 0) is 11.3 Å². The molecule has 0 saturated carbocycles. The summed E-state index contributed by atoms with van der Waals surface area (Å²) in [4.78, 5) is 15.1. The molecule has 1 aromatic heterocycles. The number of nitrogens with zero attached hydrogens (tertiary/aromatic N) is 1. The maximum absolute atomic E-state index is 10.8. The van der Waals surface area contributed by atoms with E-state index in [9.17, 15) is 4.79 Å². The molecule has 22 heavy (non-hydrogen) atoms. The Labute approximate surface area is 128 Å². The number of hydrogen-bond acceptors (Lipinski definition) is 6. The molecule has 0 amide bonds. The van der Waals surface area contributed by atoms with Gasteiger partial charge in [-0.05, 0) is 30.3 Å². The molecule has 0 bridgehead atoms. The monoisotopic (exact) mass is 303 g/mol. The van der Waals surface area contributed by atoms with Crippen LogP contribution in [-0.4, -0.2) is 32.3 Å². The van der Waals surface area contributed by atoms with Gasteiger partial charge in [-0.15, -0.1) is 0 Å². The lowest BCUT2D eigenvalue weighted by atomic mass is 10.2. The number of aromatic nitrogens is 1. The molecule has 0 unspecified atom stereocenters. The third-order valence-electron chi connectivity index (χ3n) is 2.84. The molecule has 6 nitrogen and oxygen atoms in total. The number of carbonyl (C=O) groups excluding carboxylic acids is 1. The van der Waals surface area contributed by atoms with Crippen LogP contribution < -0.4 is 14.2 Å². The fraction of sp³-hybridized carbons (Fsp3) is 0.250. The first kappa shape index (κ1) is 15.8. The molecule has 116 valence electrons. The average molecular weight is 303 g/mol. The summed E-state index contributed by atoms with van der Waals surface area (Å²) in [5, 5.41) is 0. The van der Waals surface area contributed by atoms with E-state index in [4.69, 9.17) is 18.9 Å². The molecule has 0 saturated heterocycles. The number of hydrogen-bond donors (Lipinski definition) is 0. The summed E-state index contributed by atoms with van der Waals surface area (Å²) in [7, 11) is 3.10. The molecule has 0 N–H and O–H groups in total. The number of rotatable bonds is 8. The van der Waals surface area contributed by atoms with E-state index < -0.39 is 0 Å². The first-order valence-electron chi connectivity index (χ1n) is 6.59. The molecule has 1 aromatic carbocycles. The fourth-order valence-electron chi connectivity index (χ4n) is 1.74. The lowest BCUT2D eigenvalue weighted by Gasteiger charge is -2.11. The van der Waals surface area contributed by atoms with Crippen LogP contribution in [0, 0.1) is 0 Å². The maximum atomic E-state index is 10.8. The summed E-state index contributed by atoms with van der Waals surface area (Å²) in [6, 6.07) is 8.56. The maximum Gasteiger partial charge on any atom is 0.188 e. The van der Waals surface area contributed by atoms with Crippen LogP contribution >= 0.6 is 0 Å². The van der Waals surface area contributed by atoms with Gasteiger partial charge in [-0.3, -0.25) is 9.78 Å². The van der Waals surface area contributed by atoms with E-state index in [1.807, 2.05) is 0 Å². The second kappa shape index (κ2) is 7.99. The Balaban J connectivity index is 2.01. The fourth-order valence-corrected chi connectivity index (χ4v) is 1.74. The smallest absolute Gasteiger partial charge is 0.188 e. The largest absolute Gasteiger partial charge is 0.493 e. The number of carbonyl (C=O) groups is 1. The highest BCUT2D eigenvalue weighted by atomic mass is 16.7. The molecular weight excluding hydrogens is 286 g/mol. The summed E-state index contributed by atoms with van der Waals surface area (Å²) >= 11 is 0. The van der Waals surface area contributed by atoms with E-state index in [0.29, 0.717) is 22.8 Å². The standard InChI is InChI=1S/C16H17NO5/c1-19-11-22-14-5-4-13(17-8-14)10-21-16-7-12(9-18)3-6-15(16)20-2/h3-9H,10-11H2,1-2H3. The first-order chi connectivity index (χ1) is 10.8. The molecule has 2 rings (SSSR count). The van der Waals surface area contributed by atoms with Gasteiger partial charge in [0.25, 0.3) is 0 Å². The van der Waals surface area contributed by atoms with Crippen LogP contribution in [0.5, 0.6) is 17.2 Å². The Morgan fingerprint density at radius 3 is 2.59 bits per heavy atom. The number of ether oxygens (including phenoxy) is 4. The summed E-state index contributed by atoms with van der Waals surface area (Å²) in [5.74, 6) is 1.67. The number of methoxy groups -OCH3 is 2. The van der Waals surface area contributed by atoms with Crippen molar-refractivity contribution in [2.24, 2.45) is 0 Å².